The van der Waals surface area contributed by atoms with Gasteiger partial charge in [-0.25, -0.2) is 0 Å². The first kappa shape index (κ1) is 49.7. The first-order valence-electron chi connectivity index (χ1n) is 28.0. The Morgan fingerprint density at radius 2 is 0.924 bits per heavy atom. The molecule has 0 amide bonds. The second-order valence-electron chi connectivity index (χ2n) is 26.2. The third-order valence-corrected chi connectivity index (χ3v) is 19.2. The number of rotatable bonds is 5. The van der Waals surface area contributed by atoms with E-state index in [4.69, 9.17) is 4.74 Å². The molecule has 2 aliphatic heterocycles. The number of aromatic nitrogens is 1. The molecule has 0 N–H and O–H groups in total. The van der Waals surface area contributed by atoms with Crippen LogP contribution in [0.4, 0.5) is 34.1 Å². The van der Waals surface area contributed by atoms with Crippen molar-refractivity contribution in [3.63, 3.8) is 0 Å². The predicted octanol–water partition coefficient (Wildman–Crippen LogP) is 19.4. The highest BCUT2D eigenvalue weighted by molar-refractivity contribution is 7.34. The summed E-state index contributed by atoms with van der Waals surface area (Å²) < 4.78 is 15.5. The zero-order valence-corrected chi connectivity index (χ0v) is 49.1. The van der Waals surface area contributed by atoms with Crippen LogP contribution < -0.4 is 30.2 Å². The Morgan fingerprint density at radius 1 is 0.418 bits per heavy atom. The van der Waals surface area contributed by atoms with Crippen molar-refractivity contribution < 1.29 is 4.74 Å². The topological polar surface area (TPSA) is 20.6 Å². The summed E-state index contributed by atoms with van der Waals surface area (Å²) in [5, 5.41) is 6.35. The Bertz CT molecular complexity index is 4330. The lowest BCUT2D eigenvalue weighted by Gasteiger charge is -2.40. The largest absolute Gasteiger partial charge is 0.458 e. The normalized spacial score (nSPS) is 13.6. The van der Waals surface area contributed by atoms with E-state index in [1.807, 2.05) is 22.7 Å². The highest BCUT2D eigenvalue weighted by Gasteiger charge is 2.47. The number of anilines is 6. The second-order valence-corrected chi connectivity index (χ2v) is 28.4. The second kappa shape index (κ2) is 17.5. The molecule has 0 spiro atoms. The fraction of sp³-hybridized carbons (Fsp3) is 0.222. The molecule has 0 saturated carbocycles. The summed E-state index contributed by atoms with van der Waals surface area (Å²) >= 11 is 3.86. The quantitative estimate of drug-likeness (QED) is 0.160. The van der Waals surface area contributed by atoms with Gasteiger partial charge in [0.15, 0.2) is 0 Å². The maximum absolute atomic E-state index is 7.85. The number of para-hydroxylation sites is 2. The van der Waals surface area contributed by atoms with Crippen LogP contribution in [0.2, 0.25) is 0 Å². The Morgan fingerprint density at radius 3 is 1.51 bits per heavy atom. The number of benzene rings is 9. The minimum Gasteiger partial charge on any atom is -0.458 e. The smallest absolute Gasteiger partial charge is 0.269 e. The molecule has 0 radical (unpaired) electrons. The van der Waals surface area contributed by atoms with Crippen LogP contribution in [0.15, 0.2) is 182 Å². The maximum Gasteiger partial charge on any atom is 0.269 e. The Labute approximate surface area is 473 Å². The molecule has 9 aromatic carbocycles. The highest BCUT2D eigenvalue weighted by atomic mass is 32.1. The summed E-state index contributed by atoms with van der Waals surface area (Å²) in [4.78, 5) is 4.97. The van der Waals surface area contributed by atoms with Crippen LogP contribution in [0, 0.1) is 0 Å². The number of thiophene rings is 2. The van der Waals surface area contributed by atoms with Crippen molar-refractivity contribution in [2.24, 2.45) is 0 Å². The fourth-order valence-electron chi connectivity index (χ4n) is 12.5. The molecule has 2 aliphatic rings. The molecule has 4 nitrogen and oxygen atoms in total. The molecular formula is C72H66BN3OS2. The van der Waals surface area contributed by atoms with Crippen LogP contribution in [0.3, 0.4) is 0 Å². The Hall–Kier alpha value is -7.58. The van der Waals surface area contributed by atoms with E-state index in [1.54, 1.807) is 0 Å². The minimum atomic E-state index is -0.142. The van der Waals surface area contributed by atoms with Crippen LogP contribution in [0.5, 0.6) is 11.5 Å². The van der Waals surface area contributed by atoms with Crippen molar-refractivity contribution in [2.45, 2.75) is 105 Å². The monoisotopic (exact) mass is 1060 g/mol. The van der Waals surface area contributed by atoms with Gasteiger partial charge in [-0.1, -0.05) is 168 Å². The number of nitrogens with zero attached hydrogens (tertiary/aromatic N) is 3. The Balaban J connectivity index is 1.12. The SMILES string of the molecule is CC(C)(C)c1ccc(N2c3cc(N(c4ccccc4)c4ccccc4)cc4c3B(c3sc5ccc(C(C)(C)C)cc5c32)c2c(cc(-n3c5ccc(C(C)(C)C)cc5c5cc(C(C)(C)C)ccc53)c3sc5ccccc5c23)O4)cc1. The molecule has 14 rings (SSSR count). The first-order valence-corrected chi connectivity index (χ1v) is 29.7. The van der Waals surface area contributed by atoms with E-state index in [0.717, 1.165) is 45.6 Å². The van der Waals surface area contributed by atoms with Gasteiger partial charge in [0.05, 0.1) is 32.8 Å². The third kappa shape index (κ3) is 7.89. The summed E-state index contributed by atoms with van der Waals surface area (Å²) in [6.07, 6.45) is 0. The molecule has 390 valence electrons. The average Bonchev–Trinajstić information content (AvgIpc) is 3.27. The summed E-state index contributed by atoms with van der Waals surface area (Å²) in [6, 6.07) is 68.8. The molecule has 0 aliphatic carbocycles. The summed E-state index contributed by atoms with van der Waals surface area (Å²) in [5.41, 5.74) is 17.8. The first-order chi connectivity index (χ1) is 37.7. The molecule has 0 fully saturated rings. The zero-order valence-electron chi connectivity index (χ0n) is 47.5. The van der Waals surface area contributed by atoms with Crippen molar-refractivity contribution >= 4 is 131 Å². The number of fused-ring (bicyclic) bond motifs is 13. The molecular weight excluding hydrogens is 998 g/mol. The average molecular weight is 1060 g/mol. The van der Waals surface area contributed by atoms with Crippen LogP contribution in [0.1, 0.15) is 105 Å². The molecule has 79 heavy (non-hydrogen) atoms. The van der Waals surface area contributed by atoms with Gasteiger partial charge in [0.25, 0.3) is 6.71 Å². The fourth-order valence-corrected chi connectivity index (χ4v) is 15.1. The van der Waals surface area contributed by atoms with Crippen molar-refractivity contribution in [1.29, 1.82) is 0 Å². The van der Waals surface area contributed by atoms with E-state index in [1.165, 1.54) is 95.7 Å². The molecule has 0 atom stereocenters. The van der Waals surface area contributed by atoms with Crippen molar-refractivity contribution in [1.82, 2.24) is 4.57 Å². The number of ether oxygens (including phenoxy) is 1. The van der Waals surface area contributed by atoms with Crippen molar-refractivity contribution in [2.75, 3.05) is 9.80 Å². The number of hydrogen-bond acceptors (Lipinski definition) is 5. The van der Waals surface area contributed by atoms with Crippen LogP contribution in [-0.2, 0) is 21.7 Å². The summed E-state index contributed by atoms with van der Waals surface area (Å²) in [6.45, 7) is 27.7. The van der Waals surface area contributed by atoms with E-state index in [9.17, 15) is 0 Å². The van der Waals surface area contributed by atoms with Crippen LogP contribution >= 0.6 is 22.7 Å². The zero-order chi connectivity index (χ0) is 54.7. The van der Waals surface area contributed by atoms with Gasteiger partial charge in [-0.15, -0.1) is 22.7 Å². The van der Waals surface area contributed by atoms with Gasteiger partial charge in [0, 0.05) is 76.0 Å². The molecule has 5 heterocycles. The molecule has 0 unspecified atom stereocenters. The predicted molar refractivity (Wildman–Crippen MR) is 344 cm³/mol. The van der Waals surface area contributed by atoms with Gasteiger partial charge < -0.3 is 19.1 Å². The van der Waals surface area contributed by atoms with Crippen LogP contribution in [-0.4, -0.2) is 11.3 Å². The van der Waals surface area contributed by atoms with Gasteiger partial charge in [0.1, 0.15) is 11.5 Å². The minimum absolute atomic E-state index is 0.00658. The van der Waals surface area contributed by atoms with Crippen molar-refractivity contribution in [3.05, 3.63) is 204 Å². The van der Waals surface area contributed by atoms with E-state index < -0.39 is 0 Å². The Kier molecular flexibility index (Phi) is 11.0. The molecule has 3 aromatic heterocycles. The van der Waals surface area contributed by atoms with E-state index in [0.29, 0.717) is 0 Å². The standard InChI is InChI=1S/C72H66BN3OS2/c1-69(2,3)43-27-32-49(33-28-43)75-57-40-50(74(47-21-15-13-16-22-47)48-23-17-14-18-24-48)41-59-64(57)73(68-66(75)54-39-46(72(10,11)12)31-36-62(54)79-68)65-60(77-59)42-58(67-63(65)51-25-19-20-26-61(51)78-67)76-55-34-29-44(70(4,5)6)37-52(55)53-38-45(71(7,8)9)30-35-56(53)76/h13-42H,1-12H3. The molecule has 7 heteroatoms. The summed E-state index contributed by atoms with van der Waals surface area (Å²) in [7, 11) is 0. The molecule has 12 aromatic rings. The van der Waals surface area contributed by atoms with Gasteiger partial charge in [-0.05, 0) is 140 Å². The molecule has 0 saturated heterocycles. The summed E-state index contributed by atoms with van der Waals surface area (Å²) in [5.74, 6) is 1.76. The van der Waals surface area contributed by atoms with E-state index >= 15 is 0 Å². The van der Waals surface area contributed by atoms with Gasteiger partial charge in [-0.3, -0.25) is 0 Å². The van der Waals surface area contributed by atoms with Gasteiger partial charge in [-0.2, -0.15) is 0 Å². The lowest BCUT2D eigenvalue weighted by atomic mass is 9.36. The van der Waals surface area contributed by atoms with E-state index in [-0.39, 0.29) is 28.4 Å². The van der Waals surface area contributed by atoms with Crippen molar-refractivity contribution in [3.8, 4) is 17.2 Å². The van der Waals surface area contributed by atoms with Gasteiger partial charge in [0.2, 0.25) is 0 Å². The van der Waals surface area contributed by atoms with Gasteiger partial charge >= 0.3 is 0 Å². The lowest BCUT2D eigenvalue weighted by molar-refractivity contribution is 0.488. The molecule has 0 bridgehead atoms. The number of hydrogen-bond donors (Lipinski definition) is 0. The van der Waals surface area contributed by atoms with Crippen LogP contribution in [0.25, 0.3) is 57.8 Å². The lowest BCUT2D eigenvalue weighted by Crippen LogP contribution is -2.58. The highest BCUT2D eigenvalue weighted by Crippen LogP contribution is 2.52. The third-order valence-electron chi connectivity index (χ3n) is 16.8. The maximum atomic E-state index is 7.85. The van der Waals surface area contributed by atoms with E-state index in [2.05, 4.69) is 279 Å².